The lowest BCUT2D eigenvalue weighted by Gasteiger charge is -2.18. The van der Waals surface area contributed by atoms with Crippen molar-refractivity contribution in [1.29, 1.82) is 0 Å². The standard InChI is InChI=1S/C9H16O3/c1-4-6-8(7(3)10)12-9(11)5-2/h5,7-8,10H,2,4,6H2,1,3H3. The molecule has 0 bridgehead atoms. The predicted octanol–water partition coefficient (Wildman–Crippen LogP) is 1.27. The third kappa shape index (κ3) is 4.13. The van der Waals surface area contributed by atoms with Crippen LogP contribution in [0.1, 0.15) is 26.7 Å². The van der Waals surface area contributed by atoms with Gasteiger partial charge in [0.25, 0.3) is 0 Å². The third-order valence-corrected chi connectivity index (χ3v) is 1.55. The highest BCUT2D eigenvalue weighted by atomic mass is 16.6. The summed E-state index contributed by atoms with van der Waals surface area (Å²) in [4.78, 5) is 10.8. The van der Waals surface area contributed by atoms with E-state index in [1.54, 1.807) is 6.92 Å². The Labute approximate surface area is 73.0 Å². The van der Waals surface area contributed by atoms with E-state index in [1.165, 1.54) is 0 Å². The molecule has 0 saturated carbocycles. The van der Waals surface area contributed by atoms with E-state index in [0.717, 1.165) is 12.5 Å². The molecule has 0 aromatic carbocycles. The number of aliphatic hydroxyl groups is 1. The fraction of sp³-hybridized carbons (Fsp3) is 0.667. The van der Waals surface area contributed by atoms with E-state index in [-0.39, 0.29) is 0 Å². The van der Waals surface area contributed by atoms with E-state index < -0.39 is 18.2 Å². The molecule has 12 heavy (non-hydrogen) atoms. The maximum atomic E-state index is 10.8. The molecule has 2 unspecified atom stereocenters. The molecule has 0 aromatic rings. The van der Waals surface area contributed by atoms with Gasteiger partial charge in [0.15, 0.2) is 0 Å². The van der Waals surface area contributed by atoms with Crippen LogP contribution < -0.4 is 0 Å². The fourth-order valence-corrected chi connectivity index (χ4v) is 0.880. The van der Waals surface area contributed by atoms with E-state index >= 15 is 0 Å². The van der Waals surface area contributed by atoms with Gasteiger partial charge in [0.05, 0.1) is 6.10 Å². The van der Waals surface area contributed by atoms with Crippen molar-refractivity contribution in [3.8, 4) is 0 Å². The van der Waals surface area contributed by atoms with E-state index in [0.29, 0.717) is 6.42 Å². The molecule has 1 N–H and O–H groups in total. The van der Waals surface area contributed by atoms with Crippen LogP contribution in [-0.4, -0.2) is 23.3 Å². The molecule has 0 aliphatic carbocycles. The first kappa shape index (κ1) is 11.2. The summed E-state index contributed by atoms with van der Waals surface area (Å²) < 4.78 is 4.89. The molecule has 0 aliphatic heterocycles. The molecular weight excluding hydrogens is 156 g/mol. The number of rotatable bonds is 5. The second-order valence-corrected chi connectivity index (χ2v) is 2.71. The lowest BCUT2D eigenvalue weighted by atomic mass is 10.1. The average Bonchev–Trinajstić information content (AvgIpc) is 2.03. The molecular formula is C9H16O3. The van der Waals surface area contributed by atoms with Gasteiger partial charge in [-0.1, -0.05) is 19.9 Å². The smallest absolute Gasteiger partial charge is 0.330 e. The zero-order valence-electron chi connectivity index (χ0n) is 7.62. The Hall–Kier alpha value is -0.830. The van der Waals surface area contributed by atoms with Gasteiger partial charge in [0.2, 0.25) is 0 Å². The third-order valence-electron chi connectivity index (χ3n) is 1.55. The zero-order chi connectivity index (χ0) is 9.56. The zero-order valence-corrected chi connectivity index (χ0v) is 7.62. The Bertz CT molecular complexity index is 152. The number of hydrogen-bond donors (Lipinski definition) is 1. The van der Waals surface area contributed by atoms with Gasteiger partial charge < -0.3 is 9.84 Å². The Morgan fingerprint density at radius 1 is 1.75 bits per heavy atom. The average molecular weight is 172 g/mol. The van der Waals surface area contributed by atoms with Gasteiger partial charge in [0, 0.05) is 6.08 Å². The van der Waals surface area contributed by atoms with Crippen molar-refractivity contribution in [3.63, 3.8) is 0 Å². The first-order valence-electron chi connectivity index (χ1n) is 4.13. The van der Waals surface area contributed by atoms with Crippen LogP contribution in [0.2, 0.25) is 0 Å². The summed E-state index contributed by atoms with van der Waals surface area (Å²) in [7, 11) is 0. The SMILES string of the molecule is C=CC(=O)OC(CCC)C(C)O. The summed E-state index contributed by atoms with van der Waals surface area (Å²) in [5, 5.41) is 9.18. The van der Waals surface area contributed by atoms with Crippen LogP contribution in [0.5, 0.6) is 0 Å². The second kappa shape index (κ2) is 5.77. The van der Waals surface area contributed by atoms with Crippen LogP contribution in [-0.2, 0) is 9.53 Å². The molecule has 2 atom stereocenters. The molecule has 3 nitrogen and oxygen atoms in total. The Kier molecular flexibility index (Phi) is 5.37. The van der Waals surface area contributed by atoms with Crippen LogP contribution in [0.25, 0.3) is 0 Å². The lowest BCUT2D eigenvalue weighted by Crippen LogP contribution is -2.28. The van der Waals surface area contributed by atoms with Gasteiger partial charge in [-0.25, -0.2) is 4.79 Å². The summed E-state index contributed by atoms with van der Waals surface area (Å²) in [5.74, 6) is -0.477. The first-order valence-corrected chi connectivity index (χ1v) is 4.13. The monoisotopic (exact) mass is 172 g/mol. The minimum Gasteiger partial charge on any atom is -0.456 e. The molecule has 0 aromatic heterocycles. The largest absolute Gasteiger partial charge is 0.456 e. The molecule has 0 amide bonds. The maximum absolute atomic E-state index is 10.8. The second-order valence-electron chi connectivity index (χ2n) is 2.71. The molecule has 0 heterocycles. The van der Waals surface area contributed by atoms with Crippen molar-refractivity contribution in [2.24, 2.45) is 0 Å². The molecule has 3 heteroatoms. The van der Waals surface area contributed by atoms with Crippen LogP contribution in [0.3, 0.4) is 0 Å². The minimum atomic E-state index is -0.617. The number of ether oxygens (including phenoxy) is 1. The number of esters is 1. The molecule has 70 valence electrons. The summed E-state index contributed by atoms with van der Waals surface area (Å²) in [6, 6.07) is 0. The summed E-state index contributed by atoms with van der Waals surface area (Å²) in [6.45, 7) is 6.85. The van der Waals surface area contributed by atoms with E-state index in [9.17, 15) is 9.90 Å². The summed E-state index contributed by atoms with van der Waals surface area (Å²) in [5.41, 5.74) is 0. The van der Waals surface area contributed by atoms with Crippen LogP contribution in [0.15, 0.2) is 12.7 Å². The molecule has 0 fully saturated rings. The Balaban J connectivity index is 3.94. The maximum Gasteiger partial charge on any atom is 0.330 e. The van der Waals surface area contributed by atoms with Crippen molar-refractivity contribution >= 4 is 5.97 Å². The number of carbonyl (C=O) groups is 1. The first-order chi connectivity index (χ1) is 5.61. The van der Waals surface area contributed by atoms with Crippen LogP contribution >= 0.6 is 0 Å². The molecule has 0 rings (SSSR count). The van der Waals surface area contributed by atoms with Crippen molar-refractivity contribution in [1.82, 2.24) is 0 Å². The van der Waals surface area contributed by atoms with Crippen molar-refractivity contribution in [3.05, 3.63) is 12.7 Å². The number of carbonyl (C=O) groups excluding carboxylic acids is 1. The highest BCUT2D eigenvalue weighted by molar-refractivity contribution is 5.81. The van der Waals surface area contributed by atoms with Crippen molar-refractivity contribution in [2.75, 3.05) is 0 Å². The van der Waals surface area contributed by atoms with Crippen LogP contribution in [0.4, 0.5) is 0 Å². The predicted molar refractivity (Wildman–Crippen MR) is 46.7 cm³/mol. The number of aliphatic hydroxyl groups excluding tert-OH is 1. The van der Waals surface area contributed by atoms with E-state index in [1.807, 2.05) is 6.92 Å². The number of hydrogen-bond acceptors (Lipinski definition) is 3. The molecule has 0 radical (unpaired) electrons. The molecule has 0 spiro atoms. The van der Waals surface area contributed by atoms with Gasteiger partial charge in [-0.3, -0.25) is 0 Å². The normalized spacial score (nSPS) is 14.9. The minimum absolute atomic E-state index is 0.402. The summed E-state index contributed by atoms with van der Waals surface area (Å²) in [6.07, 6.45) is 1.64. The van der Waals surface area contributed by atoms with Gasteiger partial charge in [-0.05, 0) is 13.3 Å². The van der Waals surface area contributed by atoms with Gasteiger partial charge in [-0.15, -0.1) is 0 Å². The van der Waals surface area contributed by atoms with E-state index in [2.05, 4.69) is 6.58 Å². The topological polar surface area (TPSA) is 46.5 Å². The fourth-order valence-electron chi connectivity index (χ4n) is 0.880. The quantitative estimate of drug-likeness (QED) is 0.501. The molecule has 0 saturated heterocycles. The highest BCUT2D eigenvalue weighted by Crippen LogP contribution is 2.07. The molecule has 0 aliphatic rings. The van der Waals surface area contributed by atoms with Crippen LogP contribution in [0, 0.1) is 0 Å². The van der Waals surface area contributed by atoms with Crippen molar-refractivity contribution < 1.29 is 14.6 Å². The van der Waals surface area contributed by atoms with Crippen molar-refractivity contribution in [2.45, 2.75) is 38.9 Å². The Morgan fingerprint density at radius 2 is 2.33 bits per heavy atom. The van der Waals surface area contributed by atoms with Gasteiger partial charge in [0.1, 0.15) is 6.10 Å². The lowest BCUT2D eigenvalue weighted by molar-refractivity contribution is -0.148. The highest BCUT2D eigenvalue weighted by Gasteiger charge is 2.16. The van der Waals surface area contributed by atoms with Gasteiger partial charge in [-0.2, -0.15) is 0 Å². The Morgan fingerprint density at radius 3 is 2.67 bits per heavy atom. The van der Waals surface area contributed by atoms with E-state index in [4.69, 9.17) is 4.74 Å². The summed E-state index contributed by atoms with van der Waals surface area (Å²) >= 11 is 0. The van der Waals surface area contributed by atoms with Gasteiger partial charge >= 0.3 is 5.97 Å².